The predicted molar refractivity (Wildman–Crippen MR) is 76.0 cm³/mol. The average molecular weight is 366 g/mol. The van der Waals surface area contributed by atoms with Crippen molar-refractivity contribution in [3.8, 4) is 0 Å². The summed E-state index contributed by atoms with van der Waals surface area (Å²) in [5.74, 6) is -1.13. The molecule has 0 aromatic carbocycles. The summed E-state index contributed by atoms with van der Waals surface area (Å²) in [6.45, 7) is 5.89. The van der Waals surface area contributed by atoms with E-state index in [4.69, 9.17) is 0 Å². The van der Waals surface area contributed by atoms with Crippen LogP contribution in [0.15, 0.2) is 0 Å². The van der Waals surface area contributed by atoms with Gasteiger partial charge in [0, 0.05) is 12.0 Å². The first kappa shape index (κ1) is 15.4. The van der Waals surface area contributed by atoms with E-state index in [0.29, 0.717) is 19.4 Å². The van der Waals surface area contributed by atoms with Gasteiger partial charge < -0.3 is 4.90 Å². The third kappa shape index (κ3) is 3.02. The number of hydrogen-bond acceptors (Lipinski definition) is 3. The summed E-state index contributed by atoms with van der Waals surface area (Å²) in [5, 5.41) is 0. The highest BCUT2D eigenvalue weighted by atomic mass is 127. The monoisotopic (exact) mass is 366 g/mol. The molecule has 102 valence electrons. The Kier molecular flexibility index (Phi) is 5.12. The first-order valence-corrected chi connectivity index (χ1v) is 7.19. The number of amides is 2. The number of halogens is 1. The molecule has 0 aliphatic carbocycles. The van der Waals surface area contributed by atoms with Gasteiger partial charge in [-0.05, 0) is 19.3 Å². The Morgan fingerprint density at radius 1 is 1.39 bits per heavy atom. The molecule has 0 aromatic rings. The lowest BCUT2D eigenvalue weighted by Crippen LogP contribution is -2.49. The molecular weight excluding hydrogens is 347 g/mol. The SMILES string of the molecule is CCC(C)(C)C(=O)C(=O)N1CCC[C@H]1C(=O)NI. The van der Waals surface area contributed by atoms with Crippen LogP contribution in [0.25, 0.3) is 0 Å². The third-order valence-corrected chi connectivity index (χ3v) is 4.13. The molecule has 0 unspecified atom stereocenters. The molecule has 2 amide bonds. The lowest BCUT2D eigenvalue weighted by molar-refractivity contribution is -0.151. The van der Waals surface area contributed by atoms with E-state index in [1.54, 1.807) is 36.7 Å². The Morgan fingerprint density at radius 3 is 2.50 bits per heavy atom. The summed E-state index contributed by atoms with van der Waals surface area (Å²) in [6.07, 6.45) is 2.00. The molecule has 0 bridgehead atoms. The maximum atomic E-state index is 12.2. The highest BCUT2D eigenvalue weighted by molar-refractivity contribution is 14.1. The number of carbonyl (C=O) groups is 3. The first-order valence-electron chi connectivity index (χ1n) is 6.11. The highest BCUT2D eigenvalue weighted by Crippen LogP contribution is 2.25. The van der Waals surface area contributed by atoms with E-state index in [-0.39, 0.29) is 5.91 Å². The first-order chi connectivity index (χ1) is 8.35. The van der Waals surface area contributed by atoms with Crippen LogP contribution < -0.4 is 3.53 Å². The van der Waals surface area contributed by atoms with Crippen LogP contribution in [-0.4, -0.2) is 35.1 Å². The maximum absolute atomic E-state index is 12.2. The highest BCUT2D eigenvalue weighted by Gasteiger charge is 2.40. The maximum Gasteiger partial charge on any atom is 0.291 e. The molecule has 1 N–H and O–H groups in total. The van der Waals surface area contributed by atoms with Gasteiger partial charge in [-0.3, -0.25) is 17.9 Å². The van der Waals surface area contributed by atoms with E-state index < -0.39 is 23.1 Å². The van der Waals surface area contributed by atoms with Crippen LogP contribution in [0, 0.1) is 5.41 Å². The van der Waals surface area contributed by atoms with Crippen LogP contribution in [0.4, 0.5) is 0 Å². The molecule has 0 radical (unpaired) electrons. The van der Waals surface area contributed by atoms with Crippen molar-refractivity contribution in [2.75, 3.05) is 6.54 Å². The van der Waals surface area contributed by atoms with Gasteiger partial charge >= 0.3 is 0 Å². The quantitative estimate of drug-likeness (QED) is 0.465. The normalized spacial score (nSPS) is 19.8. The Labute approximate surface area is 121 Å². The zero-order valence-corrected chi connectivity index (χ0v) is 13.1. The van der Waals surface area contributed by atoms with Gasteiger partial charge in [-0.2, -0.15) is 0 Å². The molecule has 18 heavy (non-hydrogen) atoms. The molecule has 1 aliphatic heterocycles. The Hall–Kier alpha value is -0.660. The number of hydrogen-bond donors (Lipinski definition) is 1. The van der Waals surface area contributed by atoms with Gasteiger partial charge in [-0.1, -0.05) is 20.8 Å². The number of likely N-dealkylation sites (tertiary alicyclic amines) is 1. The van der Waals surface area contributed by atoms with Gasteiger partial charge in [0.1, 0.15) is 6.04 Å². The Balaban J connectivity index is 2.84. The summed E-state index contributed by atoms with van der Waals surface area (Å²) in [4.78, 5) is 37.3. The molecular formula is C12H19IN2O3. The number of nitrogens with one attached hydrogen (secondary N) is 1. The fourth-order valence-electron chi connectivity index (χ4n) is 1.93. The van der Waals surface area contributed by atoms with Crippen molar-refractivity contribution in [3.05, 3.63) is 0 Å². The van der Waals surface area contributed by atoms with Crippen molar-refractivity contribution in [2.24, 2.45) is 5.41 Å². The molecule has 1 atom stereocenters. The van der Waals surface area contributed by atoms with Crippen molar-refractivity contribution in [1.29, 1.82) is 0 Å². The van der Waals surface area contributed by atoms with Crippen molar-refractivity contribution < 1.29 is 14.4 Å². The zero-order chi connectivity index (χ0) is 13.9. The van der Waals surface area contributed by atoms with Gasteiger partial charge in [0.15, 0.2) is 0 Å². The van der Waals surface area contributed by atoms with Crippen molar-refractivity contribution in [1.82, 2.24) is 8.43 Å². The molecule has 6 heteroatoms. The second-order valence-corrected chi connectivity index (χ2v) is 5.72. The van der Waals surface area contributed by atoms with Crippen LogP contribution in [0.1, 0.15) is 40.0 Å². The van der Waals surface area contributed by atoms with Crippen molar-refractivity contribution >= 4 is 40.5 Å². The molecule has 0 spiro atoms. The minimum absolute atomic E-state index is 0.205. The van der Waals surface area contributed by atoms with Gasteiger partial charge in [0.05, 0.1) is 22.9 Å². The van der Waals surface area contributed by atoms with Crippen LogP contribution in [0.2, 0.25) is 0 Å². The predicted octanol–water partition coefficient (Wildman–Crippen LogP) is 1.45. The molecule has 5 nitrogen and oxygen atoms in total. The van der Waals surface area contributed by atoms with E-state index in [2.05, 4.69) is 3.53 Å². The number of ketones is 1. The van der Waals surface area contributed by atoms with E-state index in [1.807, 2.05) is 6.92 Å². The molecule has 1 heterocycles. The summed E-state index contributed by atoms with van der Waals surface area (Å²) < 4.78 is 2.51. The number of carbonyl (C=O) groups excluding carboxylic acids is 3. The van der Waals surface area contributed by atoms with Gasteiger partial charge in [-0.15, -0.1) is 0 Å². The summed E-state index contributed by atoms with van der Waals surface area (Å²) >= 11 is 1.75. The molecule has 0 saturated carbocycles. The smallest absolute Gasteiger partial charge is 0.291 e. The number of Topliss-reactive ketones (excluding diaryl/α,β-unsaturated/α-hetero) is 1. The topological polar surface area (TPSA) is 66.5 Å². The summed E-state index contributed by atoms with van der Waals surface area (Å²) in [7, 11) is 0. The second-order valence-electron chi connectivity index (χ2n) is 5.18. The molecule has 1 aliphatic rings. The van der Waals surface area contributed by atoms with E-state index >= 15 is 0 Å². The van der Waals surface area contributed by atoms with Crippen LogP contribution in [-0.2, 0) is 14.4 Å². The van der Waals surface area contributed by atoms with Gasteiger partial charge in [-0.25, -0.2) is 0 Å². The van der Waals surface area contributed by atoms with Gasteiger partial charge in [0.25, 0.3) is 11.8 Å². The minimum Gasteiger partial charge on any atom is -0.324 e. The summed E-state index contributed by atoms with van der Waals surface area (Å²) in [5.41, 5.74) is -0.662. The average Bonchev–Trinajstić information content (AvgIpc) is 2.85. The second kappa shape index (κ2) is 5.99. The van der Waals surface area contributed by atoms with Crippen LogP contribution >= 0.6 is 22.9 Å². The number of rotatable bonds is 4. The van der Waals surface area contributed by atoms with E-state index in [9.17, 15) is 14.4 Å². The molecule has 1 rings (SSSR count). The summed E-state index contributed by atoms with van der Waals surface area (Å²) in [6, 6.07) is -0.494. The van der Waals surface area contributed by atoms with Crippen LogP contribution in [0.3, 0.4) is 0 Å². The molecule has 1 fully saturated rings. The fourth-order valence-corrected chi connectivity index (χ4v) is 2.29. The fraction of sp³-hybridized carbons (Fsp3) is 0.750. The lowest BCUT2D eigenvalue weighted by Gasteiger charge is -2.27. The molecule has 0 aromatic heterocycles. The number of nitrogens with zero attached hydrogens (tertiary/aromatic N) is 1. The minimum atomic E-state index is -0.662. The Bertz CT molecular complexity index is 368. The van der Waals surface area contributed by atoms with Crippen molar-refractivity contribution in [3.63, 3.8) is 0 Å². The largest absolute Gasteiger partial charge is 0.324 e. The molecule has 1 saturated heterocycles. The standard InChI is InChI=1S/C12H19IN2O3/c1-4-12(2,3)9(16)11(18)15-7-5-6-8(15)10(17)14-13/h8H,4-7H2,1-3H3,(H,14,17)/t8-/m0/s1. The Morgan fingerprint density at radius 2 is 2.00 bits per heavy atom. The van der Waals surface area contributed by atoms with Crippen LogP contribution in [0.5, 0.6) is 0 Å². The third-order valence-electron chi connectivity index (χ3n) is 3.60. The zero-order valence-electron chi connectivity index (χ0n) is 11.0. The van der Waals surface area contributed by atoms with Crippen molar-refractivity contribution in [2.45, 2.75) is 46.1 Å². The van der Waals surface area contributed by atoms with E-state index in [0.717, 1.165) is 6.42 Å². The lowest BCUT2D eigenvalue weighted by atomic mass is 9.84. The van der Waals surface area contributed by atoms with E-state index in [1.165, 1.54) is 4.90 Å². The van der Waals surface area contributed by atoms with Gasteiger partial charge in [0.2, 0.25) is 5.78 Å².